The van der Waals surface area contributed by atoms with Crippen molar-refractivity contribution in [2.45, 2.75) is 31.1 Å². The van der Waals surface area contributed by atoms with Gasteiger partial charge in [-0.2, -0.15) is 0 Å². The van der Waals surface area contributed by atoms with Gasteiger partial charge in [0.2, 0.25) is 0 Å². The van der Waals surface area contributed by atoms with Crippen molar-refractivity contribution in [3.05, 3.63) is 26.8 Å². The summed E-state index contributed by atoms with van der Waals surface area (Å²) in [6.45, 7) is 8.74. The van der Waals surface area contributed by atoms with E-state index in [-0.39, 0.29) is 21.2 Å². The summed E-state index contributed by atoms with van der Waals surface area (Å²) in [4.78, 5) is 9.12. The Hall–Kier alpha value is -0.690. The van der Waals surface area contributed by atoms with Gasteiger partial charge in [0.15, 0.2) is 0 Å². The monoisotopic (exact) mass is 357 g/mol. The first kappa shape index (κ1) is 12.3. The van der Waals surface area contributed by atoms with E-state index in [1.165, 1.54) is 34.5 Å². The summed E-state index contributed by atoms with van der Waals surface area (Å²) in [6.07, 6.45) is 3.42. The van der Waals surface area contributed by atoms with Gasteiger partial charge in [0.1, 0.15) is 0 Å². The van der Waals surface area contributed by atoms with Crippen molar-refractivity contribution < 1.29 is 21.2 Å². The molecule has 0 amide bonds. The van der Waals surface area contributed by atoms with Crippen molar-refractivity contribution in [1.29, 1.82) is 0 Å². The molecule has 0 unspecified atom stereocenters. The zero-order valence-electron chi connectivity index (χ0n) is 11.0. The third kappa shape index (κ3) is 2.14. The standard InChI is InChI=1S/C13H18IN4/c1-8-7-18-10(3)12(9(2)17-13(18)16-8)14-11-4-5-15-6-11/h7,11,15H,4-6H2,1-3H3/q-1/t11-/m1/s1. The fourth-order valence-electron chi connectivity index (χ4n) is 2.40. The van der Waals surface area contributed by atoms with Crippen LogP contribution in [0.3, 0.4) is 0 Å². The third-order valence-electron chi connectivity index (χ3n) is 3.34. The second kappa shape index (κ2) is 4.77. The molecule has 4 nitrogen and oxygen atoms in total. The molecular weight excluding hydrogens is 339 g/mol. The van der Waals surface area contributed by atoms with Crippen LogP contribution in [0.25, 0.3) is 5.78 Å². The topological polar surface area (TPSA) is 42.2 Å². The van der Waals surface area contributed by atoms with Crippen molar-refractivity contribution in [2.24, 2.45) is 0 Å². The van der Waals surface area contributed by atoms with Crippen molar-refractivity contribution in [3.8, 4) is 0 Å². The summed E-state index contributed by atoms with van der Waals surface area (Å²) in [6, 6.07) is 0. The Morgan fingerprint density at radius 2 is 2.17 bits per heavy atom. The molecule has 1 saturated heterocycles. The van der Waals surface area contributed by atoms with Gasteiger partial charge in [-0.05, 0) is 0 Å². The first-order chi connectivity index (χ1) is 8.65. The molecule has 0 aromatic carbocycles. The van der Waals surface area contributed by atoms with E-state index in [0.29, 0.717) is 0 Å². The quantitative estimate of drug-likeness (QED) is 0.514. The van der Waals surface area contributed by atoms with E-state index < -0.39 is 0 Å². The maximum absolute atomic E-state index is 4.66. The molecule has 1 aliphatic rings. The molecule has 18 heavy (non-hydrogen) atoms. The predicted octanol–water partition coefficient (Wildman–Crippen LogP) is -1.72. The Bertz CT molecular complexity index is 584. The molecule has 3 rings (SSSR count). The Labute approximate surface area is 117 Å². The number of aryl methyl sites for hydroxylation is 3. The van der Waals surface area contributed by atoms with Crippen LogP contribution in [-0.4, -0.2) is 31.4 Å². The SMILES string of the molecule is Cc1cn2c(C)c([I-][C@@H]3CCNC3)c(C)nc2n1. The summed E-state index contributed by atoms with van der Waals surface area (Å²) in [5.74, 6) is 0.847. The molecule has 2 aromatic rings. The van der Waals surface area contributed by atoms with Crippen LogP contribution in [-0.2, 0) is 0 Å². The normalized spacial score (nSPS) is 20.1. The van der Waals surface area contributed by atoms with Crippen LogP contribution in [0.15, 0.2) is 6.20 Å². The van der Waals surface area contributed by atoms with Crippen LogP contribution in [0.2, 0.25) is 0 Å². The average molecular weight is 357 g/mol. The van der Waals surface area contributed by atoms with Crippen LogP contribution in [0, 0.1) is 24.3 Å². The molecule has 0 spiro atoms. The molecule has 3 heterocycles. The number of alkyl halides is 1. The molecule has 1 fully saturated rings. The zero-order valence-corrected chi connectivity index (χ0v) is 13.2. The third-order valence-corrected chi connectivity index (χ3v) is 7.46. The van der Waals surface area contributed by atoms with Gasteiger partial charge in [-0.1, -0.05) is 0 Å². The zero-order chi connectivity index (χ0) is 12.7. The maximum atomic E-state index is 4.66. The summed E-state index contributed by atoms with van der Waals surface area (Å²) >= 11 is 0.0406. The molecule has 0 saturated carbocycles. The first-order valence-electron chi connectivity index (χ1n) is 6.32. The van der Waals surface area contributed by atoms with Crippen molar-refractivity contribution in [2.75, 3.05) is 13.1 Å². The first-order valence-corrected chi connectivity index (χ1v) is 8.64. The summed E-state index contributed by atoms with van der Waals surface area (Å²) in [5, 5.41) is 3.46. The second-order valence-electron chi connectivity index (χ2n) is 4.85. The van der Waals surface area contributed by atoms with Crippen molar-refractivity contribution in [1.82, 2.24) is 19.7 Å². The fraction of sp³-hybridized carbons (Fsp3) is 0.538. The number of hydrogen-bond donors (Lipinski definition) is 1. The number of aromatic nitrogens is 3. The second-order valence-corrected chi connectivity index (χ2v) is 8.31. The van der Waals surface area contributed by atoms with Crippen LogP contribution < -0.4 is 26.5 Å². The van der Waals surface area contributed by atoms with Gasteiger partial charge in [-0.3, -0.25) is 0 Å². The molecule has 0 bridgehead atoms. The van der Waals surface area contributed by atoms with E-state index in [1.807, 2.05) is 6.92 Å². The van der Waals surface area contributed by atoms with Crippen molar-refractivity contribution >= 4 is 5.78 Å². The average Bonchev–Trinajstić information content (AvgIpc) is 2.93. The summed E-state index contributed by atoms with van der Waals surface area (Å²) < 4.78 is 4.53. The number of fused-ring (bicyclic) bond motifs is 1. The molecule has 1 atom stereocenters. The van der Waals surface area contributed by atoms with E-state index >= 15 is 0 Å². The Morgan fingerprint density at radius 3 is 2.89 bits per heavy atom. The van der Waals surface area contributed by atoms with E-state index in [0.717, 1.165) is 15.4 Å². The molecule has 0 aliphatic carbocycles. The predicted molar refractivity (Wildman–Crippen MR) is 67.2 cm³/mol. The summed E-state index contributed by atoms with van der Waals surface area (Å²) in [7, 11) is 0. The van der Waals surface area contributed by atoms with Gasteiger partial charge in [0.05, 0.1) is 0 Å². The number of hydrogen-bond acceptors (Lipinski definition) is 3. The number of nitrogens with one attached hydrogen (secondary N) is 1. The number of halogens is 1. The van der Waals surface area contributed by atoms with E-state index in [1.54, 1.807) is 0 Å². The Kier molecular flexibility index (Phi) is 3.27. The Balaban J connectivity index is 2.04. The van der Waals surface area contributed by atoms with E-state index in [4.69, 9.17) is 0 Å². The Morgan fingerprint density at radius 1 is 1.33 bits per heavy atom. The fourth-order valence-corrected chi connectivity index (χ4v) is 5.72. The number of nitrogens with zero attached hydrogens (tertiary/aromatic N) is 3. The number of rotatable bonds is 2. The van der Waals surface area contributed by atoms with Gasteiger partial charge >= 0.3 is 118 Å². The van der Waals surface area contributed by atoms with Gasteiger partial charge in [-0.15, -0.1) is 0 Å². The van der Waals surface area contributed by atoms with Gasteiger partial charge in [-0.25, -0.2) is 0 Å². The molecule has 98 valence electrons. The minimum atomic E-state index is 0.0406. The molecule has 2 aromatic heterocycles. The molecule has 1 N–H and O–H groups in total. The van der Waals surface area contributed by atoms with Crippen LogP contribution in [0.5, 0.6) is 0 Å². The van der Waals surface area contributed by atoms with E-state index in [9.17, 15) is 0 Å². The molecule has 5 heteroatoms. The van der Waals surface area contributed by atoms with Gasteiger partial charge in [0.25, 0.3) is 0 Å². The van der Waals surface area contributed by atoms with Crippen LogP contribution in [0.4, 0.5) is 0 Å². The van der Waals surface area contributed by atoms with E-state index in [2.05, 4.69) is 39.7 Å². The molecule has 1 aliphatic heterocycles. The van der Waals surface area contributed by atoms with Gasteiger partial charge in [0, 0.05) is 0 Å². The number of imidazole rings is 1. The van der Waals surface area contributed by atoms with Crippen molar-refractivity contribution in [3.63, 3.8) is 0 Å². The summed E-state index contributed by atoms with van der Waals surface area (Å²) in [5.41, 5.74) is 3.57. The minimum absolute atomic E-state index is 0.0406. The molecular formula is C13H18IN4-. The van der Waals surface area contributed by atoms with Crippen LogP contribution >= 0.6 is 0 Å². The molecule has 0 radical (unpaired) electrons. The van der Waals surface area contributed by atoms with Crippen LogP contribution in [0.1, 0.15) is 23.5 Å². The van der Waals surface area contributed by atoms with Gasteiger partial charge < -0.3 is 0 Å².